The number of hydrogen-bond donors (Lipinski definition) is 2. The van der Waals surface area contributed by atoms with Gasteiger partial charge in [0.1, 0.15) is 0 Å². The summed E-state index contributed by atoms with van der Waals surface area (Å²) in [6, 6.07) is 6.62. The smallest absolute Gasteiger partial charge is 0.314 e. The summed E-state index contributed by atoms with van der Waals surface area (Å²) in [5.74, 6) is 0.536. The molecule has 1 aromatic carbocycles. The SMILES string of the molecule is CS(=O)(=O)c1ccc(CCNC(=O)NCC2CC=CCC2)cc1. The molecule has 0 bridgehead atoms. The van der Waals surface area contributed by atoms with Crippen molar-refractivity contribution >= 4 is 15.9 Å². The number of amides is 2. The molecule has 1 aliphatic carbocycles. The van der Waals surface area contributed by atoms with E-state index in [9.17, 15) is 13.2 Å². The van der Waals surface area contributed by atoms with Crippen molar-refractivity contribution in [2.45, 2.75) is 30.6 Å². The zero-order chi connectivity index (χ0) is 16.7. The van der Waals surface area contributed by atoms with Crippen LogP contribution >= 0.6 is 0 Å². The van der Waals surface area contributed by atoms with Gasteiger partial charge >= 0.3 is 6.03 Å². The Morgan fingerprint density at radius 3 is 2.52 bits per heavy atom. The fraction of sp³-hybridized carbons (Fsp3) is 0.471. The molecular formula is C17H24N2O3S. The lowest BCUT2D eigenvalue weighted by Crippen LogP contribution is -2.39. The Labute approximate surface area is 138 Å². The topological polar surface area (TPSA) is 75.3 Å². The number of rotatable bonds is 6. The molecule has 126 valence electrons. The van der Waals surface area contributed by atoms with Crippen LogP contribution in [0, 0.1) is 5.92 Å². The Bertz CT molecular complexity index is 651. The predicted octanol–water partition coefficient (Wildman–Crippen LogP) is 2.29. The monoisotopic (exact) mass is 336 g/mol. The summed E-state index contributed by atoms with van der Waals surface area (Å²) in [4.78, 5) is 12.1. The highest BCUT2D eigenvalue weighted by Gasteiger charge is 2.11. The molecule has 23 heavy (non-hydrogen) atoms. The summed E-state index contributed by atoms with van der Waals surface area (Å²) in [5.41, 5.74) is 0.995. The first-order chi connectivity index (χ1) is 10.9. The van der Waals surface area contributed by atoms with Gasteiger partial charge in [0.15, 0.2) is 9.84 Å². The minimum atomic E-state index is -3.16. The second-order valence-corrected chi connectivity index (χ2v) is 7.97. The molecule has 6 heteroatoms. The van der Waals surface area contributed by atoms with E-state index in [-0.39, 0.29) is 6.03 Å². The minimum absolute atomic E-state index is 0.146. The maximum Gasteiger partial charge on any atom is 0.314 e. The first-order valence-corrected chi connectivity index (χ1v) is 9.80. The summed E-state index contributed by atoms with van der Waals surface area (Å²) in [6.45, 7) is 1.23. The number of hydrogen-bond acceptors (Lipinski definition) is 3. The number of carbonyl (C=O) groups is 1. The molecule has 1 unspecified atom stereocenters. The standard InChI is InChI=1S/C17H24N2O3S/c1-23(21,22)16-9-7-14(8-10-16)11-12-18-17(20)19-13-15-5-3-2-4-6-15/h2-3,7-10,15H,4-6,11-13H2,1H3,(H2,18,19,20). The Morgan fingerprint density at radius 1 is 1.17 bits per heavy atom. The summed E-state index contributed by atoms with van der Waals surface area (Å²) in [5, 5.41) is 5.73. The summed E-state index contributed by atoms with van der Waals surface area (Å²) >= 11 is 0. The second kappa shape index (κ2) is 8.15. The van der Waals surface area contributed by atoms with Crippen molar-refractivity contribution in [2.75, 3.05) is 19.3 Å². The molecule has 2 rings (SSSR count). The van der Waals surface area contributed by atoms with E-state index in [2.05, 4.69) is 22.8 Å². The molecule has 1 aromatic rings. The first kappa shape index (κ1) is 17.5. The molecule has 0 aliphatic heterocycles. The van der Waals surface area contributed by atoms with Gasteiger partial charge < -0.3 is 10.6 Å². The number of nitrogens with one attached hydrogen (secondary N) is 2. The van der Waals surface area contributed by atoms with E-state index in [0.717, 1.165) is 24.8 Å². The van der Waals surface area contributed by atoms with Crippen LogP contribution in [-0.4, -0.2) is 33.8 Å². The molecule has 0 heterocycles. The molecule has 1 aliphatic rings. The van der Waals surface area contributed by atoms with Crippen LogP contribution in [0.5, 0.6) is 0 Å². The van der Waals surface area contributed by atoms with Crippen LogP contribution in [-0.2, 0) is 16.3 Å². The van der Waals surface area contributed by atoms with E-state index in [1.54, 1.807) is 24.3 Å². The van der Waals surface area contributed by atoms with E-state index in [0.29, 0.717) is 30.3 Å². The highest BCUT2D eigenvalue weighted by atomic mass is 32.2. The normalized spacial score (nSPS) is 17.7. The van der Waals surface area contributed by atoms with E-state index in [1.807, 2.05) is 0 Å². The molecule has 0 saturated heterocycles. The van der Waals surface area contributed by atoms with Crippen molar-refractivity contribution in [2.24, 2.45) is 5.92 Å². The van der Waals surface area contributed by atoms with Crippen molar-refractivity contribution in [3.8, 4) is 0 Å². The lowest BCUT2D eigenvalue weighted by molar-refractivity contribution is 0.238. The number of sulfone groups is 1. The van der Waals surface area contributed by atoms with Gasteiger partial charge in [-0.3, -0.25) is 0 Å². The van der Waals surface area contributed by atoms with Crippen molar-refractivity contribution in [1.29, 1.82) is 0 Å². The molecule has 5 nitrogen and oxygen atoms in total. The largest absolute Gasteiger partial charge is 0.338 e. The lowest BCUT2D eigenvalue weighted by Gasteiger charge is -2.18. The summed E-state index contributed by atoms with van der Waals surface area (Å²) < 4.78 is 22.8. The highest BCUT2D eigenvalue weighted by molar-refractivity contribution is 7.90. The van der Waals surface area contributed by atoms with Gasteiger partial charge in [0, 0.05) is 19.3 Å². The molecule has 0 saturated carbocycles. The maximum atomic E-state index is 11.7. The maximum absolute atomic E-state index is 11.7. The number of carbonyl (C=O) groups excluding carboxylic acids is 1. The van der Waals surface area contributed by atoms with Crippen molar-refractivity contribution in [1.82, 2.24) is 10.6 Å². The molecule has 0 aromatic heterocycles. The summed E-state index contributed by atoms with van der Waals surface area (Å²) in [7, 11) is -3.16. The van der Waals surface area contributed by atoms with Gasteiger partial charge in [-0.2, -0.15) is 0 Å². The van der Waals surface area contributed by atoms with Gasteiger partial charge in [-0.15, -0.1) is 0 Å². The highest BCUT2D eigenvalue weighted by Crippen LogP contribution is 2.16. The number of benzene rings is 1. The Balaban J connectivity index is 1.68. The zero-order valence-electron chi connectivity index (χ0n) is 13.4. The van der Waals surface area contributed by atoms with Gasteiger partial charge in [-0.05, 0) is 49.3 Å². The fourth-order valence-electron chi connectivity index (χ4n) is 2.56. The molecule has 1 atom stereocenters. The molecule has 0 radical (unpaired) electrons. The van der Waals surface area contributed by atoms with Gasteiger partial charge in [0.05, 0.1) is 4.90 Å². The van der Waals surface area contributed by atoms with Crippen LogP contribution in [0.25, 0.3) is 0 Å². The second-order valence-electron chi connectivity index (χ2n) is 5.95. The Morgan fingerprint density at radius 2 is 1.91 bits per heavy atom. The van der Waals surface area contributed by atoms with Crippen molar-refractivity contribution in [3.05, 3.63) is 42.0 Å². The zero-order valence-corrected chi connectivity index (χ0v) is 14.2. The van der Waals surface area contributed by atoms with E-state index in [1.165, 1.54) is 6.26 Å². The van der Waals surface area contributed by atoms with Crippen LogP contribution in [0.1, 0.15) is 24.8 Å². The van der Waals surface area contributed by atoms with Crippen LogP contribution in [0.3, 0.4) is 0 Å². The first-order valence-electron chi connectivity index (χ1n) is 7.91. The van der Waals surface area contributed by atoms with Gasteiger partial charge in [0.2, 0.25) is 0 Å². The molecule has 2 amide bonds. The van der Waals surface area contributed by atoms with Crippen LogP contribution in [0.2, 0.25) is 0 Å². The molecular weight excluding hydrogens is 312 g/mol. The van der Waals surface area contributed by atoms with Crippen molar-refractivity contribution < 1.29 is 13.2 Å². The predicted molar refractivity (Wildman–Crippen MR) is 91.1 cm³/mol. The average molecular weight is 336 g/mol. The van der Waals surface area contributed by atoms with Crippen molar-refractivity contribution in [3.63, 3.8) is 0 Å². The summed E-state index contributed by atoms with van der Waals surface area (Å²) in [6.07, 6.45) is 9.48. The van der Waals surface area contributed by atoms with E-state index < -0.39 is 9.84 Å². The number of urea groups is 1. The lowest BCUT2D eigenvalue weighted by atomic mass is 9.94. The minimum Gasteiger partial charge on any atom is -0.338 e. The number of allylic oxidation sites excluding steroid dienone is 2. The van der Waals surface area contributed by atoms with Crippen LogP contribution < -0.4 is 10.6 Å². The fourth-order valence-corrected chi connectivity index (χ4v) is 3.20. The third-order valence-electron chi connectivity index (χ3n) is 3.98. The third-order valence-corrected chi connectivity index (χ3v) is 5.11. The van der Waals surface area contributed by atoms with Crippen LogP contribution in [0.15, 0.2) is 41.3 Å². The molecule has 0 spiro atoms. The Kier molecular flexibility index (Phi) is 6.21. The van der Waals surface area contributed by atoms with E-state index in [4.69, 9.17) is 0 Å². The quantitative estimate of drug-likeness (QED) is 0.783. The average Bonchev–Trinajstić information content (AvgIpc) is 2.53. The Hall–Kier alpha value is -1.82. The van der Waals surface area contributed by atoms with Crippen LogP contribution in [0.4, 0.5) is 4.79 Å². The van der Waals surface area contributed by atoms with Gasteiger partial charge in [-0.1, -0.05) is 24.3 Å². The van der Waals surface area contributed by atoms with Gasteiger partial charge in [0.25, 0.3) is 0 Å². The van der Waals surface area contributed by atoms with Gasteiger partial charge in [-0.25, -0.2) is 13.2 Å². The molecule has 0 fully saturated rings. The van der Waals surface area contributed by atoms with E-state index >= 15 is 0 Å². The third kappa shape index (κ3) is 6.06. The molecule has 2 N–H and O–H groups in total.